The fraction of sp³-hybridized carbons (Fsp3) is 0.588. The van der Waals surface area contributed by atoms with Crippen LogP contribution in [0.25, 0.3) is 0 Å². The molecule has 1 aliphatic carbocycles. The molecule has 6 nitrogen and oxygen atoms in total. The summed E-state index contributed by atoms with van der Waals surface area (Å²) in [5.41, 5.74) is 6.38. The highest BCUT2D eigenvalue weighted by Gasteiger charge is 2.34. The lowest BCUT2D eigenvalue weighted by atomic mass is 9.96. The van der Waals surface area contributed by atoms with Crippen molar-refractivity contribution in [1.29, 1.82) is 0 Å². The van der Waals surface area contributed by atoms with Gasteiger partial charge < -0.3 is 16.0 Å². The number of carbonyl (C=O) groups excluding carboxylic acids is 2. The summed E-state index contributed by atoms with van der Waals surface area (Å²) in [6.45, 7) is 1.67. The Morgan fingerprint density at radius 3 is 2.52 bits per heavy atom. The van der Waals surface area contributed by atoms with E-state index >= 15 is 0 Å². The third-order valence-corrected chi connectivity index (χ3v) is 4.78. The number of pyridine rings is 1. The van der Waals surface area contributed by atoms with Crippen LogP contribution in [0.3, 0.4) is 0 Å². The molecule has 1 aromatic heterocycles. The maximum atomic E-state index is 12.5. The topological polar surface area (TPSA) is 88.3 Å². The van der Waals surface area contributed by atoms with Crippen LogP contribution in [0.15, 0.2) is 24.5 Å². The molecule has 1 aliphatic heterocycles. The van der Waals surface area contributed by atoms with Crippen molar-refractivity contribution in [3.8, 4) is 0 Å². The number of nitrogens with one attached hydrogen (secondary N) is 1. The highest BCUT2D eigenvalue weighted by atomic mass is 35.5. The van der Waals surface area contributed by atoms with Crippen molar-refractivity contribution in [3.63, 3.8) is 0 Å². The van der Waals surface area contributed by atoms with Gasteiger partial charge in [0.1, 0.15) is 0 Å². The van der Waals surface area contributed by atoms with Crippen LogP contribution in [-0.2, 0) is 4.79 Å². The molecular formula is C17H26Cl2N4O2. The van der Waals surface area contributed by atoms with Gasteiger partial charge in [-0.05, 0) is 43.7 Å². The first-order valence-corrected chi connectivity index (χ1v) is 8.38. The zero-order valence-corrected chi connectivity index (χ0v) is 15.7. The lowest BCUT2D eigenvalue weighted by molar-refractivity contribution is -0.127. The van der Waals surface area contributed by atoms with Gasteiger partial charge in [-0.3, -0.25) is 14.6 Å². The van der Waals surface area contributed by atoms with E-state index in [-0.39, 0.29) is 48.6 Å². The number of nitrogens with two attached hydrogens (primary N) is 1. The summed E-state index contributed by atoms with van der Waals surface area (Å²) in [5.74, 6) is 0.423. The lowest BCUT2D eigenvalue weighted by Gasteiger charge is -2.33. The number of aromatic nitrogens is 1. The van der Waals surface area contributed by atoms with Crippen molar-refractivity contribution in [2.45, 2.75) is 31.7 Å². The Hall–Kier alpha value is -1.37. The molecule has 1 saturated heterocycles. The van der Waals surface area contributed by atoms with Gasteiger partial charge in [0.15, 0.2) is 0 Å². The molecule has 1 saturated carbocycles. The number of piperidine rings is 1. The number of hydrogen-bond acceptors (Lipinski definition) is 4. The smallest absolute Gasteiger partial charge is 0.253 e. The predicted molar refractivity (Wildman–Crippen MR) is 101 cm³/mol. The van der Waals surface area contributed by atoms with E-state index in [0.29, 0.717) is 31.1 Å². The fourth-order valence-electron chi connectivity index (χ4n) is 3.22. The Morgan fingerprint density at radius 1 is 1.24 bits per heavy atom. The van der Waals surface area contributed by atoms with Crippen molar-refractivity contribution in [1.82, 2.24) is 15.2 Å². The predicted octanol–water partition coefficient (Wildman–Crippen LogP) is 1.63. The average Bonchev–Trinajstić information content (AvgIpc) is 3.44. The summed E-state index contributed by atoms with van der Waals surface area (Å²) in [6, 6.07) is 3.52. The van der Waals surface area contributed by atoms with Gasteiger partial charge in [-0.15, -0.1) is 24.8 Å². The number of halogens is 2. The van der Waals surface area contributed by atoms with E-state index in [1.165, 1.54) is 0 Å². The molecule has 3 rings (SSSR count). The second kappa shape index (κ2) is 9.94. The molecule has 2 atom stereocenters. The quantitative estimate of drug-likeness (QED) is 0.801. The fourth-order valence-corrected chi connectivity index (χ4v) is 3.22. The molecule has 3 N–H and O–H groups in total. The number of hydrogen-bond donors (Lipinski definition) is 2. The highest BCUT2D eigenvalue weighted by Crippen LogP contribution is 2.32. The largest absolute Gasteiger partial charge is 0.352 e. The van der Waals surface area contributed by atoms with Crippen LogP contribution < -0.4 is 11.1 Å². The van der Waals surface area contributed by atoms with E-state index in [0.717, 1.165) is 25.7 Å². The Kier molecular flexibility index (Phi) is 8.62. The molecule has 0 aromatic carbocycles. The standard InChI is InChI=1S/C17H24N4O2.2ClH/c18-10-15(12-3-4-12)20-16(22)14-2-1-9-21(11-14)17(23)13-5-7-19-8-6-13;;/h5-8,12,14-15H,1-4,9-11,18H2,(H,20,22);2*1H. The van der Waals surface area contributed by atoms with E-state index in [2.05, 4.69) is 10.3 Å². The van der Waals surface area contributed by atoms with E-state index in [1.54, 1.807) is 29.4 Å². The molecule has 0 radical (unpaired) electrons. The SMILES string of the molecule is Cl.Cl.NCC(NC(=O)C1CCCN(C(=O)c2ccncc2)C1)C1CC1. The molecule has 0 spiro atoms. The molecule has 2 aliphatic rings. The van der Waals surface area contributed by atoms with E-state index in [1.807, 2.05) is 0 Å². The first-order valence-electron chi connectivity index (χ1n) is 8.38. The normalized spacial score (nSPS) is 20.7. The first kappa shape index (κ1) is 21.7. The van der Waals surface area contributed by atoms with E-state index < -0.39 is 0 Å². The van der Waals surface area contributed by atoms with Crippen LogP contribution in [0.4, 0.5) is 0 Å². The molecule has 1 aromatic rings. The van der Waals surface area contributed by atoms with Gasteiger partial charge in [0.25, 0.3) is 5.91 Å². The molecule has 2 fully saturated rings. The summed E-state index contributed by atoms with van der Waals surface area (Å²) in [6.07, 6.45) is 7.21. The molecule has 25 heavy (non-hydrogen) atoms. The zero-order chi connectivity index (χ0) is 16.2. The monoisotopic (exact) mass is 388 g/mol. The summed E-state index contributed by atoms with van der Waals surface area (Å²) >= 11 is 0. The molecule has 2 amide bonds. The Labute approximate surface area is 160 Å². The van der Waals surface area contributed by atoms with Crippen molar-refractivity contribution in [2.24, 2.45) is 17.6 Å². The molecular weight excluding hydrogens is 363 g/mol. The molecule has 2 heterocycles. The van der Waals surface area contributed by atoms with Gasteiger partial charge in [0.05, 0.1) is 5.92 Å². The number of rotatable bonds is 5. The van der Waals surface area contributed by atoms with Crippen LogP contribution >= 0.6 is 24.8 Å². The second-order valence-electron chi connectivity index (χ2n) is 6.51. The van der Waals surface area contributed by atoms with Crippen LogP contribution in [0.1, 0.15) is 36.0 Å². The number of nitrogens with zero attached hydrogens (tertiary/aromatic N) is 2. The summed E-state index contributed by atoms with van der Waals surface area (Å²) in [4.78, 5) is 30.7. The van der Waals surface area contributed by atoms with Crippen LogP contribution in [0.5, 0.6) is 0 Å². The van der Waals surface area contributed by atoms with Gasteiger partial charge in [-0.1, -0.05) is 0 Å². The summed E-state index contributed by atoms with van der Waals surface area (Å²) in [5, 5.41) is 3.09. The molecule has 0 bridgehead atoms. The van der Waals surface area contributed by atoms with Crippen LogP contribution in [-0.4, -0.2) is 47.4 Å². The Balaban J connectivity index is 0.00000156. The first-order chi connectivity index (χ1) is 11.2. The maximum absolute atomic E-state index is 12.5. The van der Waals surface area contributed by atoms with Crippen LogP contribution in [0, 0.1) is 11.8 Å². The molecule has 140 valence electrons. The minimum Gasteiger partial charge on any atom is -0.352 e. The zero-order valence-electron chi connectivity index (χ0n) is 14.1. The van der Waals surface area contributed by atoms with Gasteiger partial charge in [0, 0.05) is 43.6 Å². The van der Waals surface area contributed by atoms with Gasteiger partial charge in [-0.25, -0.2) is 0 Å². The number of likely N-dealkylation sites (tertiary alicyclic amines) is 1. The molecule has 8 heteroatoms. The third-order valence-electron chi connectivity index (χ3n) is 4.78. The highest BCUT2D eigenvalue weighted by molar-refractivity contribution is 5.94. The lowest BCUT2D eigenvalue weighted by Crippen LogP contribution is -2.49. The van der Waals surface area contributed by atoms with Crippen molar-refractivity contribution >= 4 is 36.6 Å². The second-order valence-corrected chi connectivity index (χ2v) is 6.51. The minimum atomic E-state index is -0.137. The number of carbonyl (C=O) groups is 2. The summed E-state index contributed by atoms with van der Waals surface area (Å²) < 4.78 is 0. The maximum Gasteiger partial charge on any atom is 0.253 e. The molecule has 2 unspecified atom stereocenters. The minimum absolute atomic E-state index is 0. The average molecular weight is 389 g/mol. The van der Waals surface area contributed by atoms with E-state index in [9.17, 15) is 9.59 Å². The van der Waals surface area contributed by atoms with Crippen molar-refractivity contribution < 1.29 is 9.59 Å². The van der Waals surface area contributed by atoms with Gasteiger partial charge in [0.2, 0.25) is 5.91 Å². The van der Waals surface area contributed by atoms with Crippen molar-refractivity contribution in [3.05, 3.63) is 30.1 Å². The van der Waals surface area contributed by atoms with E-state index in [4.69, 9.17) is 5.73 Å². The van der Waals surface area contributed by atoms with Crippen molar-refractivity contribution in [2.75, 3.05) is 19.6 Å². The van der Waals surface area contributed by atoms with Gasteiger partial charge >= 0.3 is 0 Å². The Morgan fingerprint density at radius 2 is 1.92 bits per heavy atom. The van der Waals surface area contributed by atoms with Crippen LogP contribution in [0.2, 0.25) is 0 Å². The number of amides is 2. The van der Waals surface area contributed by atoms with Gasteiger partial charge in [-0.2, -0.15) is 0 Å². The Bertz CT molecular complexity index is 569. The summed E-state index contributed by atoms with van der Waals surface area (Å²) in [7, 11) is 0. The third kappa shape index (κ3) is 5.56.